The minimum absolute atomic E-state index is 1.32. The summed E-state index contributed by atoms with van der Waals surface area (Å²) < 4.78 is 1.32. The molecule has 0 spiro atoms. The molecular weight excluding hydrogens is 172 g/mol. The zero-order valence-electron chi connectivity index (χ0n) is 4.39. The van der Waals surface area contributed by atoms with E-state index in [2.05, 4.69) is 29.8 Å². The Kier molecular flexibility index (Phi) is 1.57. The molecular formula is C6H5Li. The molecule has 7 heavy (non-hydrogen) atoms. The molecule has 1 aromatic carbocycles. The molecule has 0 N–H and O–H groups in total. The number of benzene rings is 1. The molecule has 30 valence electrons. The van der Waals surface area contributed by atoms with E-state index in [9.17, 15) is 0 Å². The Labute approximate surface area is 52.8 Å². The molecule has 0 bridgehead atoms. The van der Waals surface area contributed by atoms with Crippen molar-refractivity contribution < 1.29 is 0 Å². The van der Waals surface area contributed by atoms with Gasteiger partial charge in [0.2, 0.25) is 0 Å². The predicted molar refractivity (Wildman–Crippen MR) is 31.8 cm³/mol. The van der Waals surface area contributed by atoms with Crippen LogP contribution in [0.15, 0.2) is 30.3 Å². The summed E-state index contributed by atoms with van der Waals surface area (Å²) in [5, 5.41) is 0. The molecule has 0 fully saturated rings. The molecule has 1 aromatic rings. The Morgan fingerprint density at radius 2 is 1.57 bits per heavy atom. The Hall–Kier alpha value is -0.183. The molecule has 0 heterocycles. The van der Waals surface area contributed by atoms with Gasteiger partial charge in [-0.25, -0.2) is 0 Å². The first-order valence-corrected chi connectivity index (χ1v) is 2.41. The van der Waals surface area contributed by atoms with Crippen LogP contribution in [0.3, 0.4) is 0 Å². The topological polar surface area (TPSA) is 0 Å². The normalized spacial score (nSPS) is 8.86. The van der Waals surface area contributed by atoms with Gasteiger partial charge < -0.3 is 0 Å². The van der Waals surface area contributed by atoms with Crippen molar-refractivity contribution in [1.29, 1.82) is 0 Å². The van der Waals surface area contributed by atoms with E-state index in [1.807, 2.05) is 18.2 Å². The van der Waals surface area contributed by atoms with Crippen molar-refractivity contribution in [1.82, 2.24) is 0 Å². The predicted octanol–water partition coefficient (Wildman–Crippen LogP) is 0.480. The van der Waals surface area contributed by atoms with Crippen molar-refractivity contribution in [2.45, 2.75) is 0 Å². The van der Waals surface area contributed by atoms with Crippen molar-refractivity contribution in [2.24, 2.45) is 0 Å². The van der Waals surface area contributed by atoms with Crippen molar-refractivity contribution >= 4 is 22.0 Å². The van der Waals surface area contributed by atoms with Gasteiger partial charge in [0.15, 0.2) is 0 Å². The molecule has 0 aliphatic carbocycles. The monoisotopic (exact) mass is 177 g/mol. The third kappa shape index (κ3) is 1.39. The van der Waals surface area contributed by atoms with E-state index in [1.54, 1.807) is 0 Å². The van der Waals surface area contributed by atoms with Gasteiger partial charge in [0.05, 0.1) is 0 Å². The van der Waals surface area contributed by atoms with E-state index in [0.29, 0.717) is 0 Å². The third-order valence-corrected chi connectivity index (χ3v) is 0.940. The molecule has 1 rings (SSSR count). The van der Waals surface area contributed by atoms with Crippen LogP contribution in [-0.4, -0.2) is 17.7 Å². The number of hydrogen-bond acceptors (Lipinski definition) is 0. The summed E-state index contributed by atoms with van der Waals surface area (Å²) in [7, 11) is 0. The minimum atomic E-state index is 1.32. The molecule has 0 amide bonds. The summed E-state index contributed by atoms with van der Waals surface area (Å²) in [4.78, 5) is 0. The Balaban J connectivity index is 3.02. The molecule has 0 saturated heterocycles. The van der Waals surface area contributed by atoms with E-state index in [4.69, 9.17) is 0 Å². The van der Waals surface area contributed by atoms with Crippen LogP contribution in [-0.2, 0) is 0 Å². The fraction of sp³-hybridized carbons (Fsp3) is 0. The van der Waals surface area contributed by atoms with Gasteiger partial charge in [-0.2, -0.15) is 0 Å². The van der Waals surface area contributed by atoms with Crippen LogP contribution in [0.2, 0.25) is 0 Å². The quantitative estimate of drug-likeness (QED) is 0.505. The molecule has 0 radical (unpaired) electrons. The molecule has 0 saturated carbocycles. The number of hydrogen-bond donors (Lipinski definition) is 0. The van der Waals surface area contributed by atoms with Crippen molar-refractivity contribution in [3.05, 3.63) is 30.3 Å². The maximum atomic E-state index is 2.08. The Morgan fingerprint density at radius 1 is 1.00 bits per heavy atom. The van der Waals surface area contributed by atoms with Gasteiger partial charge in [0.25, 0.3) is 0 Å². The standard InChI is InChI=1S/C6H5.Li/c1-2-4-6-5-3-1;/h1-5H;/i;1+93. The molecule has 0 aliphatic rings. The number of rotatable bonds is 0. The fourth-order valence-electron chi connectivity index (χ4n) is 0.534. The fourth-order valence-corrected chi connectivity index (χ4v) is 0.534. The van der Waals surface area contributed by atoms with Gasteiger partial charge in [-0.1, -0.05) is 0 Å². The van der Waals surface area contributed by atoms with E-state index in [0.717, 1.165) is 0 Å². The van der Waals surface area contributed by atoms with E-state index >= 15 is 0 Å². The van der Waals surface area contributed by atoms with Gasteiger partial charge in [-0.15, -0.1) is 0 Å². The zero-order chi connectivity index (χ0) is 5.11. The first kappa shape index (κ1) is 4.96. The SMILES string of the molecule is [100Li][c]1ccccc1. The second-order valence-corrected chi connectivity index (χ2v) is 1.65. The van der Waals surface area contributed by atoms with E-state index < -0.39 is 0 Å². The average Bonchev–Trinajstić information content (AvgIpc) is 1.69. The van der Waals surface area contributed by atoms with Crippen LogP contribution >= 0.6 is 0 Å². The van der Waals surface area contributed by atoms with E-state index in [1.165, 1.54) is 4.24 Å². The summed E-state index contributed by atoms with van der Waals surface area (Å²) in [5.74, 6) is 0. The second-order valence-electron chi connectivity index (χ2n) is 1.65. The van der Waals surface area contributed by atoms with Crippen molar-refractivity contribution in [3.63, 3.8) is 0 Å². The van der Waals surface area contributed by atoms with Gasteiger partial charge in [0, 0.05) is 0 Å². The molecule has 0 nitrogen and oxygen atoms in total. The van der Waals surface area contributed by atoms with Gasteiger partial charge >= 0.3 is 52.3 Å². The Morgan fingerprint density at radius 3 is 1.86 bits per heavy atom. The van der Waals surface area contributed by atoms with Crippen LogP contribution in [0, 0.1) is 0 Å². The molecule has 0 unspecified atom stereocenters. The molecule has 0 atom stereocenters. The first-order chi connectivity index (χ1) is 3.39. The third-order valence-electron chi connectivity index (χ3n) is 0.940. The van der Waals surface area contributed by atoms with Gasteiger partial charge in [0.1, 0.15) is 0 Å². The van der Waals surface area contributed by atoms with Crippen molar-refractivity contribution in [3.8, 4) is 0 Å². The summed E-state index contributed by atoms with van der Waals surface area (Å²) in [5.41, 5.74) is 0. The summed E-state index contributed by atoms with van der Waals surface area (Å²) >= 11 is 2.08. The van der Waals surface area contributed by atoms with Crippen LogP contribution in [0.5, 0.6) is 0 Å². The average molecular weight is 177 g/mol. The van der Waals surface area contributed by atoms with Crippen LogP contribution in [0.1, 0.15) is 0 Å². The van der Waals surface area contributed by atoms with E-state index in [-0.39, 0.29) is 0 Å². The Bertz CT molecular complexity index is 134. The molecule has 0 aromatic heterocycles. The second kappa shape index (κ2) is 2.21. The summed E-state index contributed by atoms with van der Waals surface area (Å²) in [6, 6.07) is 10.3. The van der Waals surface area contributed by atoms with Crippen LogP contribution < -0.4 is 4.24 Å². The van der Waals surface area contributed by atoms with Gasteiger partial charge in [-0.05, 0) is 0 Å². The van der Waals surface area contributed by atoms with Gasteiger partial charge in [-0.3, -0.25) is 0 Å². The summed E-state index contributed by atoms with van der Waals surface area (Å²) in [6.45, 7) is 0. The maximum absolute atomic E-state index is 2.08. The summed E-state index contributed by atoms with van der Waals surface area (Å²) in [6.07, 6.45) is 0. The zero-order valence-corrected chi connectivity index (χ0v) is 4.39. The first-order valence-electron chi connectivity index (χ1n) is 2.41. The van der Waals surface area contributed by atoms with Crippen molar-refractivity contribution in [2.75, 3.05) is 0 Å². The van der Waals surface area contributed by atoms with Crippen LogP contribution in [0.4, 0.5) is 0 Å². The molecule has 1 heteroatoms. The van der Waals surface area contributed by atoms with Crippen LogP contribution in [0.25, 0.3) is 0 Å². The molecule has 0 aliphatic heterocycles.